The van der Waals surface area contributed by atoms with Gasteiger partial charge in [0.05, 0.1) is 5.75 Å². The van der Waals surface area contributed by atoms with Crippen molar-refractivity contribution in [3.05, 3.63) is 108 Å². The Morgan fingerprint density at radius 1 is 0.545 bits per heavy atom. The van der Waals surface area contributed by atoms with Crippen LogP contribution in [0.1, 0.15) is 24.0 Å². The third-order valence-electron chi connectivity index (χ3n) is 6.66. The average Bonchev–Trinajstić information content (AvgIpc) is 3.16. The van der Waals surface area contributed by atoms with Crippen molar-refractivity contribution in [2.75, 3.05) is 17.2 Å². The van der Waals surface area contributed by atoms with Crippen molar-refractivity contribution in [2.45, 2.75) is 17.6 Å². The van der Waals surface area contributed by atoms with Gasteiger partial charge in [-0.15, -0.1) is 0 Å². The number of hydrogen-bond donors (Lipinski definition) is 2. The van der Waals surface area contributed by atoms with Crippen LogP contribution in [-0.2, 0) is 14.6 Å². The Labute approximate surface area is 194 Å². The van der Waals surface area contributed by atoms with E-state index in [1.165, 1.54) is 0 Å². The van der Waals surface area contributed by atoms with Crippen LogP contribution >= 0.6 is 0 Å². The summed E-state index contributed by atoms with van der Waals surface area (Å²) in [5.41, 5.74) is 18.8. The lowest BCUT2D eigenvalue weighted by Crippen LogP contribution is -2.33. The van der Waals surface area contributed by atoms with Crippen LogP contribution in [0.3, 0.4) is 0 Å². The van der Waals surface area contributed by atoms with E-state index in [1.807, 2.05) is 97.1 Å². The maximum atomic E-state index is 13.4. The first-order valence-corrected chi connectivity index (χ1v) is 12.7. The first kappa shape index (κ1) is 21.3. The zero-order valence-corrected chi connectivity index (χ0v) is 19.1. The summed E-state index contributed by atoms with van der Waals surface area (Å²) in [5, 5.41) is 0. The minimum atomic E-state index is -3.35. The van der Waals surface area contributed by atoms with Crippen LogP contribution in [0.5, 0.6) is 0 Å². The van der Waals surface area contributed by atoms with Gasteiger partial charge < -0.3 is 11.5 Å². The Morgan fingerprint density at radius 2 is 0.879 bits per heavy atom. The third kappa shape index (κ3) is 3.68. The van der Waals surface area contributed by atoms with Gasteiger partial charge in [-0.25, -0.2) is 8.42 Å². The molecule has 0 unspecified atom stereocenters. The Bertz CT molecular complexity index is 1290. The van der Waals surface area contributed by atoms with Gasteiger partial charge in [-0.3, -0.25) is 0 Å². The Kier molecular flexibility index (Phi) is 5.22. The average molecular weight is 455 g/mol. The molecule has 1 aliphatic heterocycles. The molecular formula is C28H26N2O2S. The number of rotatable bonds is 4. The summed E-state index contributed by atoms with van der Waals surface area (Å²) in [4.78, 5) is 0. The van der Waals surface area contributed by atoms with Gasteiger partial charge in [0.1, 0.15) is 4.75 Å². The fraction of sp³-hybridized carbons (Fsp3) is 0.143. The third-order valence-corrected chi connectivity index (χ3v) is 9.23. The largest absolute Gasteiger partial charge is 0.399 e. The molecule has 1 saturated heterocycles. The van der Waals surface area contributed by atoms with Crippen LogP contribution in [0.2, 0.25) is 0 Å². The van der Waals surface area contributed by atoms with Gasteiger partial charge in [0.25, 0.3) is 0 Å². The summed E-state index contributed by atoms with van der Waals surface area (Å²) in [6, 6.07) is 31.2. The predicted molar refractivity (Wildman–Crippen MR) is 136 cm³/mol. The molecule has 0 bridgehead atoms. The summed E-state index contributed by atoms with van der Waals surface area (Å²) in [7, 11) is -3.35. The maximum absolute atomic E-state index is 13.4. The van der Waals surface area contributed by atoms with Crippen molar-refractivity contribution >= 4 is 21.2 Å². The molecule has 5 rings (SSSR count). The molecule has 0 atom stereocenters. The van der Waals surface area contributed by atoms with Crippen molar-refractivity contribution in [2.24, 2.45) is 0 Å². The standard InChI is InChI=1S/C28H26N2O2S/c29-26-14-6-22(7-15-26)20-2-10-24(11-3-20)28(18-1-19-33(28,31)32)25-12-4-21(5-13-25)23-8-16-27(30)17-9-23/h2-17H,1,18-19,29-30H2. The van der Waals surface area contributed by atoms with Crippen LogP contribution in [0.4, 0.5) is 11.4 Å². The molecule has 4 N–H and O–H groups in total. The van der Waals surface area contributed by atoms with Crippen molar-refractivity contribution in [1.29, 1.82) is 0 Å². The molecule has 0 amide bonds. The lowest BCUT2D eigenvalue weighted by atomic mass is 9.85. The van der Waals surface area contributed by atoms with Crippen LogP contribution in [0, 0.1) is 0 Å². The zero-order chi connectivity index (χ0) is 23.1. The molecule has 4 aromatic rings. The molecule has 1 aliphatic rings. The first-order valence-electron chi connectivity index (χ1n) is 11.0. The van der Waals surface area contributed by atoms with Crippen molar-refractivity contribution in [1.82, 2.24) is 0 Å². The predicted octanol–water partition coefficient (Wildman–Crippen LogP) is 5.64. The van der Waals surface area contributed by atoms with E-state index in [2.05, 4.69) is 0 Å². The fourth-order valence-electron chi connectivity index (χ4n) is 4.87. The molecule has 0 aromatic heterocycles. The number of benzene rings is 4. The van der Waals surface area contributed by atoms with Gasteiger partial charge in [-0.2, -0.15) is 0 Å². The fourth-order valence-corrected chi connectivity index (χ4v) is 7.19. The van der Waals surface area contributed by atoms with Crippen molar-refractivity contribution < 1.29 is 8.42 Å². The van der Waals surface area contributed by atoms with E-state index in [0.29, 0.717) is 24.2 Å². The SMILES string of the molecule is Nc1ccc(-c2ccc(C3(c4ccc(-c5ccc(N)cc5)cc4)CCCS3(=O)=O)cc2)cc1. The van der Waals surface area contributed by atoms with E-state index >= 15 is 0 Å². The molecule has 0 radical (unpaired) electrons. The lowest BCUT2D eigenvalue weighted by molar-refractivity contribution is 0.565. The Hall–Kier alpha value is -3.57. The van der Waals surface area contributed by atoms with Gasteiger partial charge in [-0.1, -0.05) is 72.8 Å². The lowest BCUT2D eigenvalue weighted by Gasteiger charge is -2.30. The number of nitrogen functional groups attached to an aromatic ring is 2. The molecule has 0 saturated carbocycles. The highest BCUT2D eigenvalue weighted by atomic mass is 32.2. The molecule has 1 fully saturated rings. The first-order chi connectivity index (χ1) is 15.9. The number of sulfone groups is 1. The van der Waals surface area contributed by atoms with Crippen LogP contribution < -0.4 is 11.5 Å². The van der Waals surface area contributed by atoms with Crippen molar-refractivity contribution in [3.8, 4) is 22.3 Å². The summed E-state index contributed by atoms with van der Waals surface area (Å²) in [5.74, 6) is 0.201. The normalized spacial score (nSPS) is 16.5. The number of hydrogen-bond acceptors (Lipinski definition) is 4. The van der Waals surface area contributed by atoms with E-state index in [4.69, 9.17) is 11.5 Å². The molecule has 0 spiro atoms. The zero-order valence-electron chi connectivity index (χ0n) is 18.2. The summed E-state index contributed by atoms with van der Waals surface area (Å²) in [6.07, 6.45) is 1.24. The molecule has 4 aromatic carbocycles. The molecule has 4 nitrogen and oxygen atoms in total. The van der Waals surface area contributed by atoms with Gasteiger partial charge in [0.2, 0.25) is 0 Å². The van der Waals surface area contributed by atoms with E-state index < -0.39 is 14.6 Å². The second-order valence-electron chi connectivity index (χ2n) is 8.65. The second kappa shape index (κ2) is 8.09. The molecular weight excluding hydrogens is 428 g/mol. The highest BCUT2D eigenvalue weighted by Gasteiger charge is 2.50. The maximum Gasteiger partial charge on any atom is 0.164 e. The highest BCUT2D eigenvalue weighted by Crippen LogP contribution is 2.47. The van der Waals surface area contributed by atoms with E-state index in [9.17, 15) is 8.42 Å². The van der Waals surface area contributed by atoms with Crippen LogP contribution in [0.15, 0.2) is 97.1 Å². The molecule has 1 heterocycles. The summed E-state index contributed by atoms with van der Waals surface area (Å²) < 4.78 is 25.9. The van der Waals surface area contributed by atoms with E-state index in [1.54, 1.807) is 0 Å². The quantitative estimate of drug-likeness (QED) is 0.391. The Morgan fingerprint density at radius 3 is 1.18 bits per heavy atom. The topological polar surface area (TPSA) is 86.2 Å². The van der Waals surface area contributed by atoms with Gasteiger partial charge in [0.15, 0.2) is 9.84 Å². The minimum Gasteiger partial charge on any atom is -0.399 e. The van der Waals surface area contributed by atoms with Crippen molar-refractivity contribution in [3.63, 3.8) is 0 Å². The molecule has 0 aliphatic carbocycles. The Balaban J connectivity index is 1.55. The smallest absolute Gasteiger partial charge is 0.164 e. The molecule has 33 heavy (non-hydrogen) atoms. The molecule has 166 valence electrons. The monoisotopic (exact) mass is 454 g/mol. The minimum absolute atomic E-state index is 0.201. The van der Waals surface area contributed by atoms with Crippen LogP contribution in [0.25, 0.3) is 22.3 Å². The van der Waals surface area contributed by atoms with Crippen LogP contribution in [-0.4, -0.2) is 14.2 Å². The summed E-state index contributed by atoms with van der Waals surface area (Å²) >= 11 is 0. The second-order valence-corrected chi connectivity index (χ2v) is 11.0. The van der Waals surface area contributed by atoms with Gasteiger partial charge in [-0.05, 0) is 70.5 Å². The van der Waals surface area contributed by atoms with E-state index in [0.717, 1.165) is 33.4 Å². The van der Waals surface area contributed by atoms with Gasteiger partial charge in [0, 0.05) is 11.4 Å². The summed E-state index contributed by atoms with van der Waals surface area (Å²) in [6.45, 7) is 0. The van der Waals surface area contributed by atoms with E-state index in [-0.39, 0.29) is 5.75 Å². The number of nitrogens with two attached hydrogens (primary N) is 2. The molecule has 5 heteroatoms. The highest BCUT2D eigenvalue weighted by molar-refractivity contribution is 7.92. The number of anilines is 2. The van der Waals surface area contributed by atoms with Gasteiger partial charge >= 0.3 is 0 Å².